The number of benzene rings is 1. The number of nitrogens with two attached hydrogens (primary N) is 1. The van der Waals surface area contributed by atoms with Crippen LogP contribution in [0.5, 0.6) is 5.75 Å². The molecule has 9 nitrogen and oxygen atoms in total. The minimum absolute atomic E-state index is 0.0455. The number of carbonyl (C=O) groups excluding carboxylic acids is 3. The molecule has 9 heteroatoms. The molecule has 0 aliphatic heterocycles. The Balaban J connectivity index is 1.41. The summed E-state index contributed by atoms with van der Waals surface area (Å²) >= 11 is 0. The molecule has 1 aromatic carbocycles. The lowest BCUT2D eigenvalue weighted by Crippen LogP contribution is -2.57. The second-order valence-corrected chi connectivity index (χ2v) is 11.0. The van der Waals surface area contributed by atoms with Crippen LogP contribution >= 0.6 is 0 Å². The molecule has 5 rings (SSSR count). The van der Waals surface area contributed by atoms with Gasteiger partial charge in [-0.3, -0.25) is 14.4 Å². The maximum Gasteiger partial charge on any atom is 0.255 e. The first-order valence-electron chi connectivity index (χ1n) is 13.2. The number of aliphatic hydroxyl groups excluding tert-OH is 2. The Morgan fingerprint density at radius 1 is 1.05 bits per heavy atom. The van der Waals surface area contributed by atoms with Gasteiger partial charge in [0.25, 0.3) is 5.91 Å². The molecule has 4 aliphatic carbocycles. The van der Waals surface area contributed by atoms with Crippen LogP contribution in [0.3, 0.4) is 0 Å². The van der Waals surface area contributed by atoms with Crippen LogP contribution in [0.25, 0.3) is 0 Å². The molecule has 0 saturated heterocycles. The number of aliphatic hydroxyl groups is 3. The van der Waals surface area contributed by atoms with Crippen molar-refractivity contribution in [1.82, 2.24) is 5.32 Å². The number of phenols is 1. The summed E-state index contributed by atoms with van der Waals surface area (Å²) in [5.41, 5.74) is 3.32. The number of primary amides is 1. The SMILES string of the molecule is NC(=O)C1=C(O)C[C@@H]2CC3Cc4cc(CNCC5CCCCCC5)cc(O)c4C(=O)C3=C(O)[C@]2(O)C1=O. The normalized spacial score (nSPS) is 28.5. The van der Waals surface area contributed by atoms with E-state index < -0.39 is 52.0 Å². The van der Waals surface area contributed by atoms with Gasteiger partial charge < -0.3 is 31.5 Å². The minimum Gasteiger partial charge on any atom is -0.511 e. The molecule has 0 spiro atoms. The molecular weight excluding hydrogens is 476 g/mol. The summed E-state index contributed by atoms with van der Waals surface area (Å²) in [6.45, 7) is 1.45. The maximum absolute atomic E-state index is 13.5. The number of allylic oxidation sites excluding steroid dienone is 2. The summed E-state index contributed by atoms with van der Waals surface area (Å²) in [5, 5.41) is 46.9. The highest BCUT2D eigenvalue weighted by atomic mass is 16.3. The van der Waals surface area contributed by atoms with E-state index in [0.717, 1.165) is 12.1 Å². The molecule has 0 aromatic heterocycles. The number of hydrogen-bond acceptors (Lipinski definition) is 8. The molecule has 0 bridgehead atoms. The largest absolute Gasteiger partial charge is 0.511 e. The monoisotopic (exact) mass is 510 g/mol. The number of Topliss-reactive ketones (excluding diaryl/α,β-unsaturated/α-hetero) is 2. The number of nitrogens with one attached hydrogen (secondary N) is 1. The predicted molar refractivity (Wildman–Crippen MR) is 134 cm³/mol. The predicted octanol–water partition coefficient (Wildman–Crippen LogP) is 2.64. The van der Waals surface area contributed by atoms with Crippen molar-refractivity contribution in [2.75, 3.05) is 6.54 Å². The van der Waals surface area contributed by atoms with Gasteiger partial charge in [-0.15, -0.1) is 0 Å². The van der Waals surface area contributed by atoms with E-state index in [1.54, 1.807) is 0 Å². The first-order valence-corrected chi connectivity index (χ1v) is 13.2. The van der Waals surface area contributed by atoms with Crippen LogP contribution in [-0.4, -0.2) is 50.0 Å². The van der Waals surface area contributed by atoms with Gasteiger partial charge in [-0.1, -0.05) is 31.7 Å². The smallest absolute Gasteiger partial charge is 0.255 e. The number of fused-ring (bicyclic) bond motifs is 3. The minimum atomic E-state index is -2.53. The van der Waals surface area contributed by atoms with E-state index in [1.165, 1.54) is 44.6 Å². The lowest BCUT2D eigenvalue weighted by molar-refractivity contribution is -0.144. The Kier molecular flexibility index (Phi) is 6.62. The van der Waals surface area contributed by atoms with Gasteiger partial charge in [0.15, 0.2) is 11.4 Å². The number of ketones is 2. The van der Waals surface area contributed by atoms with Gasteiger partial charge in [0.2, 0.25) is 5.78 Å². The van der Waals surface area contributed by atoms with Gasteiger partial charge in [-0.2, -0.15) is 0 Å². The van der Waals surface area contributed by atoms with Crippen LogP contribution < -0.4 is 11.1 Å². The van der Waals surface area contributed by atoms with E-state index in [4.69, 9.17) is 5.73 Å². The summed E-state index contributed by atoms with van der Waals surface area (Å²) < 4.78 is 0. The highest BCUT2D eigenvalue weighted by molar-refractivity contribution is 6.24. The Labute approximate surface area is 215 Å². The number of carbonyl (C=O) groups is 3. The number of amides is 1. The second kappa shape index (κ2) is 9.61. The molecule has 3 atom stereocenters. The van der Waals surface area contributed by atoms with Crippen LogP contribution in [-0.2, 0) is 22.6 Å². The quantitative estimate of drug-likeness (QED) is 0.259. The van der Waals surface area contributed by atoms with Crippen LogP contribution in [0.15, 0.2) is 34.8 Å². The van der Waals surface area contributed by atoms with Gasteiger partial charge >= 0.3 is 0 Å². The van der Waals surface area contributed by atoms with Crippen molar-refractivity contribution in [3.05, 3.63) is 51.5 Å². The molecule has 4 aliphatic rings. The second-order valence-electron chi connectivity index (χ2n) is 11.0. The number of phenolic OH excluding ortho intramolecular Hbond substituents is 1. The van der Waals surface area contributed by atoms with E-state index in [2.05, 4.69) is 5.32 Å². The maximum atomic E-state index is 13.5. The third kappa shape index (κ3) is 4.24. The van der Waals surface area contributed by atoms with Crippen molar-refractivity contribution >= 4 is 17.5 Å². The molecule has 1 amide bonds. The molecule has 0 radical (unpaired) electrons. The molecule has 7 N–H and O–H groups in total. The van der Waals surface area contributed by atoms with E-state index in [-0.39, 0.29) is 29.7 Å². The Morgan fingerprint density at radius 2 is 1.76 bits per heavy atom. The van der Waals surface area contributed by atoms with E-state index in [9.17, 15) is 34.8 Å². The fourth-order valence-corrected chi connectivity index (χ4v) is 6.80. The van der Waals surface area contributed by atoms with Crippen LogP contribution in [0.4, 0.5) is 0 Å². The summed E-state index contributed by atoms with van der Waals surface area (Å²) in [4.78, 5) is 38.2. The fourth-order valence-electron chi connectivity index (χ4n) is 6.80. The van der Waals surface area contributed by atoms with E-state index >= 15 is 0 Å². The molecule has 1 fully saturated rings. The molecule has 37 heavy (non-hydrogen) atoms. The lowest BCUT2D eigenvalue weighted by atomic mass is 9.60. The van der Waals surface area contributed by atoms with E-state index in [1.807, 2.05) is 6.07 Å². The van der Waals surface area contributed by atoms with Crippen molar-refractivity contribution in [1.29, 1.82) is 0 Å². The van der Waals surface area contributed by atoms with Crippen molar-refractivity contribution < 1.29 is 34.8 Å². The van der Waals surface area contributed by atoms with Gasteiger partial charge in [0.05, 0.1) is 5.56 Å². The van der Waals surface area contributed by atoms with Gasteiger partial charge in [0.1, 0.15) is 22.8 Å². The summed E-state index contributed by atoms with van der Waals surface area (Å²) in [5.74, 6) is -5.45. The third-order valence-corrected chi connectivity index (χ3v) is 8.67. The van der Waals surface area contributed by atoms with Crippen LogP contribution in [0.1, 0.15) is 72.9 Å². The molecular formula is C28H34N2O7. The third-order valence-electron chi connectivity index (χ3n) is 8.67. The highest BCUT2D eigenvalue weighted by Gasteiger charge is 2.59. The standard InChI is InChI=1S/C28H34N2O7/c29-27(36)23-20(32)11-18-10-17-9-16-7-15(13-30-12-14-5-3-1-2-4-6-14)8-19(31)21(16)24(33)22(17)25(34)28(18,37)26(23)35/h7-8,14,17-18,30-32,34,37H,1-6,9-13H2,(H2,29,36)/t17?,18-,28-/m0/s1. The summed E-state index contributed by atoms with van der Waals surface area (Å²) in [7, 11) is 0. The first kappa shape index (κ1) is 25.5. The number of rotatable bonds is 5. The Bertz CT molecular complexity index is 1230. The number of hydrogen-bond donors (Lipinski definition) is 6. The first-order chi connectivity index (χ1) is 17.6. The zero-order chi connectivity index (χ0) is 26.5. The average molecular weight is 511 g/mol. The fraction of sp³-hybridized carbons (Fsp3) is 0.536. The summed E-state index contributed by atoms with van der Waals surface area (Å²) in [6.07, 6.45) is 7.78. The summed E-state index contributed by atoms with van der Waals surface area (Å²) in [6, 6.07) is 3.42. The van der Waals surface area contributed by atoms with E-state index in [0.29, 0.717) is 24.4 Å². The van der Waals surface area contributed by atoms with Crippen LogP contribution in [0.2, 0.25) is 0 Å². The lowest BCUT2D eigenvalue weighted by Gasteiger charge is -2.45. The van der Waals surface area contributed by atoms with Gasteiger partial charge in [-0.05, 0) is 61.3 Å². The van der Waals surface area contributed by atoms with Crippen molar-refractivity contribution in [3.63, 3.8) is 0 Å². The Hall–Kier alpha value is -3.17. The molecule has 0 heterocycles. The Morgan fingerprint density at radius 3 is 2.43 bits per heavy atom. The van der Waals surface area contributed by atoms with Gasteiger partial charge in [0, 0.05) is 24.5 Å². The highest BCUT2D eigenvalue weighted by Crippen LogP contribution is 2.51. The molecule has 1 unspecified atom stereocenters. The van der Waals surface area contributed by atoms with Crippen molar-refractivity contribution in [2.24, 2.45) is 23.5 Å². The zero-order valence-electron chi connectivity index (χ0n) is 20.8. The van der Waals surface area contributed by atoms with Crippen LogP contribution in [0, 0.1) is 17.8 Å². The van der Waals surface area contributed by atoms with Crippen molar-refractivity contribution in [3.8, 4) is 5.75 Å². The molecule has 1 saturated carbocycles. The topological polar surface area (TPSA) is 170 Å². The van der Waals surface area contributed by atoms with Gasteiger partial charge in [-0.25, -0.2) is 0 Å². The average Bonchev–Trinajstić information content (AvgIpc) is 3.10. The number of aromatic hydroxyl groups is 1. The molecule has 1 aromatic rings. The van der Waals surface area contributed by atoms with Crippen molar-refractivity contribution in [2.45, 2.75) is 69.9 Å². The molecule has 198 valence electrons. The zero-order valence-corrected chi connectivity index (χ0v) is 20.8.